The highest BCUT2D eigenvalue weighted by atomic mass is 19.1. The van der Waals surface area contributed by atoms with E-state index < -0.39 is 17.7 Å². The smallest absolute Gasteiger partial charge is 0.310 e. The molecule has 0 heterocycles. The third-order valence-corrected chi connectivity index (χ3v) is 2.82. The zero-order valence-electron chi connectivity index (χ0n) is 11.1. The van der Waals surface area contributed by atoms with Crippen LogP contribution in [0.1, 0.15) is 30.9 Å². The van der Waals surface area contributed by atoms with Crippen LogP contribution in [0.15, 0.2) is 49.1 Å². The van der Waals surface area contributed by atoms with Gasteiger partial charge in [-0.1, -0.05) is 43.0 Å². The predicted molar refractivity (Wildman–Crippen MR) is 75.4 cm³/mol. The van der Waals surface area contributed by atoms with Gasteiger partial charge in [-0.05, 0) is 31.1 Å². The first-order valence-corrected chi connectivity index (χ1v) is 5.99. The van der Waals surface area contributed by atoms with Crippen LogP contribution in [-0.4, -0.2) is 11.1 Å². The van der Waals surface area contributed by atoms with Gasteiger partial charge >= 0.3 is 5.97 Å². The van der Waals surface area contributed by atoms with Crippen LogP contribution in [0.2, 0.25) is 0 Å². The largest absolute Gasteiger partial charge is 0.481 e. The maximum absolute atomic E-state index is 14.1. The number of carbonyl (C=O) groups is 1. The van der Waals surface area contributed by atoms with E-state index in [-0.39, 0.29) is 0 Å². The van der Waals surface area contributed by atoms with E-state index in [1.807, 2.05) is 13.0 Å². The van der Waals surface area contributed by atoms with Gasteiger partial charge in [-0.3, -0.25) is 4.79 Å². The Bertz CT molecular complexity index is 542. The number of allylic oxidation sites excluding steroid dienone is 5. The van der Waals surface area contributed by atoms with Gasteiger partial charge in [0.1, 0.15) is 5.82 Å². The molecule has 2 nitrogen and oxygen atoms in total. The van der Waals surface area contributed by atoms with Gasteiger partial charge in [0.15, 0.2) is 0 Å². The maximum Gasteiger partial charge on any atom is 0.310 e. The van der Waals surface area contributed by atoms with E-state index in [0.29, 0.717) is 16.7 Å². The van der Waals surface area contributed by atoms with Crippen molar-refractivity contribution in [2.75, 3.05) is 0 Å². The molecule has 100 valence electrons. The summed E-state index contributed by atoms with van der Waals surface area (Å²) in [5.41, 5.74) is 1.58. The zero-order valence-corrected chi connectivity index (χ0v) is 11.1. The Labute approximate surface area is 112 Å². The fraction of sp³-hybridized carbons (Fsp3) is 0.188. The Kier molecular flexibility index (Phi) is 5.24. The summed E-state index contributed by atoms with van der Waals surface area (Å²) in [4.78, 5) is 10.9. The molecule has 0 aliphatic carbocycles. The molecule has 0 spiro atoms. The molecule has 0 saturated carbocycles. The first-order valence-electron chi connectivity index (χ1n) is 5.99. The number of halogens is 1. The van der Waals surface area contributed by atoms with Crippen molar-refractivity contribution in [3.8, 4) is 0 Å². The average molecular weight is 260 g/mol. The van der Waals surface area contributed by atoms with Gasteiger partial charge in [-0.15, -0.1) is 0 Å². The minimum Gasteiger partial charge on any atom is -0.481 e. The molecule has 0 fully saturated rings. The Hall–Kier alpha value is -2.16. The van der Waals surface area contributed by atoms with Crippen molar-refractivity contribution < 1.29 is 14.3 Å². The van der Waals surface area contributed by atoms with Crippen molar-refractivity contribution in [3.05, 3.63) is 66.0 Å². The van der Waals surface area contributed by atoms with Gasteiger partial charge in [0.2, 0.25) is 0 Å². The van der Waals surface area contributed by atoms with Crippen LogP contribution < -0.4 is 0 Å². The molecule has 0 radical (unpaired) electrons. The minimum absolute atomic E-state index is 0.430. The molecule has 1 rings (SSSR count). The van der Waals surface area contributed by atoms with E-state index in [9.17, 15) is 9.18 Å². The molecular formula is C16H17FO2. The number of hydrogen-bond acceptors (Lipinski definition) is 1. The second kappa shape index (κ2) is 6.69. The lowest BCUT2D eigenvalue weighted by Gasteiger charge is -2.10. The molecule has 1 N–H and O–H groups in total. The molecule has 1 unspecified atom stereocenters. The molecule has 0 aromatic heterocycles. The normalized spacial score (nSPS) is 13.5. The number of carboxylic acid groups (broad SMARTS) is 1. The van der Waals surface area contributed by atoms with Crippen LogP contribution in [0.4, 0.5) is 4.39 Å². The van der Waals surface area contributed by atoms with Crippen molar-refractivity contribution in [2.24, 2.45) is 0 Å². The van der Waals surface area contributed by atoms with Crippen molar-refractivity contribution in [1.29, 1.82) is 0 Å². The number of benzene rings is 1. The first kappa shape index (κ1) is 14.9. The Morgan fingerprint density at radius 3 is 2.63 bits per heavy atom. The number of hydrogen-bond donors (Lipinski definition) is 1. The zero-order chi connectivity index (χ0) is 14.4. The van der Waals surface area contributed by atoms with Gasteiger partial charge in [0.05, 0.1) is 5.92 Å². The standard InChI is InChI=1S/C16H17FO2/c1-4-6-12(7-5-2)14-9-8-13(10-15(14)17)11(3)16(18)19/h4-11H,1H2,2-3H3,(H,18,19). The maximum atomic E-state index is 14.1. The average Bonchev–Trinajstić information content (AvgIpc) is 2.37. The van der Waals surface area contributed by atoms with Crippen molar-refractivity contribution in [1.82, 2.24) is 0 Å². The molecule has 19 heavy (non-hydrogen) atoms. The molecule has 0 bridgehead atoms. The summed E-state index contributed by atoms with van der Waals surface area (Å²) >= 11 is 0. The molecular weight excluding hydrogens is 243 g/mol. The fourth-order valence-corrected chi connectivity index (χ4v) is 1.72. The van der Waals surface area contributed by atoms with Crippen LogP contribution >= 0.6 is 0 Å². The quantitative estimate of drug-likeness (QED) is 0.807. The Balaban J connectivity index is 3.23. The van der Waals surface area contributed by atoms with Gasteiger partial charge in [-0.2, -0.15) is 0 Å². The van der Waals surface area contributed by atoms with E-state index >= 15 is 0 Å². The summed E-state index contributed by atoms with van der Waals surface area (Å²) in [5, 5.41) is 8.91. The second-order valence-electron chi connectivity index (χ2n) is 4.16. The summed E-state index contributed by atoms with van der Waals surface area (Å²) < 4.78 is 14.1. The topological polar surface area (TPSA) is 37.3 Å². The van der Waals surface area contributed by atoms with Gasteiger partial charge in [-0.25, -0.2) is 4.39 Å². The lowest BCUT2D eigenvalue weighted by molar-refractivity contribution is -0.138. The van der Waals surface area contributed by atoms with E-state index in [1.54, 1.807) is 30.4 Å². The molecule has 1 aromatic carbocycles. The van der Waals surface area contributed by atoms with Crippen LogP contribution in [-0.2, 0) is 4.79 Å². The monoisotopic (exact) mass is 260 g/mol. The van der Waals surface area contributed by atoms with Crippen LogP contribution in [0.25, 0.3) is 5.57 Å². The second-order valence-corrected chi connectivity index (χ2v) is 4.16. The fourth-order valence-electron chi connectivity index (χ4n) is 1.72. The number of rotatable bonds is 5. The summed E-state index contributed by atoms with van der Waals surface area (Å²) in [6.07, 6.45) is 6.88. The molecule has 0 aliphatic rings. The van der Waals surface area contributed by atoms with Gasteiger partial charge in [0, 0.05) is 5.56 Å². The predicted octanol–water partition coefficient (Wildman–Crippen LogP) is 4.16. The Morgan fingerprint density at radius 2 is 2.16 bits per heavy atom. The lowest BCUT2D eigenvalue weighted by atomic mass is 9.96. The Morgan fingerprint density at radius 1 is 1.47 bits per heavy atom. The van der Waals surface area contributed by atoms with Crippen LogP contribution in [0, 0.1) is 5.82 Å². The molecule has 0 aliphatic heterocycles. The number of carboxylic acids is 1. The van der Waals surface area contributed by atoms with E-state index in [2.05, 4.69) is 6.58 Å². The highest BCUT2D eigenvalue weighted by molar-refractivity contribution is 5.78. The molecule has 1 atom stereocenters. The minimum atomic E-state index is -0.970. The van der Waals surface area contributed by atoms with Crippen molar-refractivity contribution in [2.45, 2.75) is 19.8 Å². The molecule has 0 amide bonds. The molecule has 3 heteroatoms. The third-order valence-electron chi connectivity index (χ3n) is 2.82. The lowest BCUT2D eigenvalue weighted by Crippen LogP contribution is -2.08. The van der Waals surface area contributed by atoms with E-state index in [4.69, 9.17) is 5.11 Å². The number of aliphatic carboxylic acids is 1. The summed E-state index contributed by atoms with van der Waals surface area (Å²) in [6, 6.07) is 4.51. The highest BCUT2D eigenvalue weighted by Crippen LogP contribution is 2.24. The molecule has 1 aromatic rings. The van der Waals surface area contributed by atoms with Crippen LogP contribution in [0.3, 0.4) is 0 Å². The summed E-state index contributed by atoms with van der Waals surface area (Å²) in [6.45, 7) is 6.97. The molecule has 0 saturated heterocycles. The third kappa shape index (κ3) is 3.65. The highest BCUT2D eigenvalue weighted by Gasteiger charge is 2.16. The SMILES string of the molecule is C=CC=C(C=CC)c1ccc(C(C)C(=O)O)cc1F. The van der Waals surface area contributed by atoms with Crippen molar-refractivity contribution >= 4 is 11.5 Å². The van der Waals surface area contributed by atoms with Gasteiger partial charge < -0.3 is 5.11 Å². The first-order chi connectivity index (χ1) is 9.01. The van der Waals surface area contributed by atoms with E-state index in [0.717, 1.165) is 0 Å². The summed E-state index contributed by atoms with van der Waals surface area (Å²) in [5.74, 6) is -2.13. The van der Waals surface area contributed by atoms with Crippen LogP contribution in [0.5, 0.6) is 0 Å². The van der Waals surface area contributed by atoms with E-state index in [1.165, 1.54) is 13.0 Å². The summed E-state index contributed by atoms with van der Waals surface area (Å²) in [7, 11) is 0. The van der Waals surface area contributed by atoms with Crippen molar-refractivity contribution in [3.63, 3.8) is 0 Å². The van der Waals surface area contributed by atoms with Gasteiger partial charge in [0.25, 0.3) is 0 Å².